The van der Waals surface area contributed by atoms with Gasteiger partial charge in [-0.2, -0.15) is 10.2 Å². The molecule has 0 unspecified atom stereocenters. The molecule has 0 saturated heterocycles. The van der Waals surface area contributed by atoms with Gasteiger partial charge >= 0.3 is 0 Å². The molecule has 0 radical (unpaired) electrons. The predicted octanol–water partition coefficient (Wildman–Crippen LogP) is 4.83. The van der Waals surface area contributed by atoms with Crippen molar-refractivity contribution < 1.29 is 9.53 Å². The van der Waals surface area contributed by atoms with Crippen molar-refractivity contribution in [3.8, 4) is 5.75 Å². The van der Waals surface area contributed by atoms with Crippen LogP contribution in [0.4, 0.5) is 5.69 Å². The van der Waals surface area contributed by atoms with Crippen LogP contribution in [-0.4, -0.2) is 25.5 Å². The molecule has 0 atom stereocenters. The smallest absolute Gasteiger partial charge is 0.276 e. The fraction of sp³-hybridized carbons (Fsp3) is 0.0952. The first kappa shape index (κ1) is 20.2. The summed E-state index contributed by atoms with van der Waals surface area (Å²) in [4.78, 5) is 12.5. The summed E-state index contributed by atoms with van der Waals surface area (Å²) in [6.07, 6.45) is 5.30. The van der Waals surface area contributed by atoms with E-state index in [1.165, 1.54) is 4.68 Å². The van der Waals surface area contributed by atoms with Crippen molar-refractivity contribution in [3.05, 3.63) is 93.9 Å². The van der Waals surface area contributed by atoms with Crippen LogP contribution in [0.1, 0.15) is 16.1 Å². The van der Waals surface area contributed by atoms with E-state index in [0.717, 1.165) is 10.0 Å². The highest BCUT2D eigenvalue weighted by atomic mass is 79.9. The molecule has 4 aromatic rings. The minimum Gasteiger partial charge on any atom is -0.470 e. The average Bonchev–Trinajstić information content (AvgIpc) is 3.40. The standard InChI is InChI=1S/C21H17BrClN5O2/c22-16-5-6-20(18(23)12-16)30-14-28-10-7-19(26-28)21(29)25-17-4-1-3-15(11-17)13-27-9-2-8-24-27/h1-12H,13-14H2,(H,25,29). The molecule has 0 aliphatic carbocycles. The third kappa shape index (κ3) is 5.08. The lowest BCUT2D eigenvalue weighted by atomic mass is 10.2. The van der Waals surface area contributed by atoms with Crippen LogP contribution < -0.4 is 10.1 Å². The lowest BCUT2D eigenvalue weighted by Crippen LogP contribution is -2.14. The summed E-state index contributed by atoms with van der Waals surface area (Å²) in [5.41, 5.74) is 2.01. The second-order valence-electron chi connectivity index (χ2n) is 6.45. The number of hydrogen-bond acceptors (Lipinski definition) is 4. The third-order valence-corrected chi connectivity index (χ3v) is 5.00. The number of aromatic nitrogens is 4. The monoisotopic (exact) mass is 485 g/mol. The van der Waals surface area contributed by atoms with E-state index in [9.17, 15) is 4.79 Å². The van der Waals surface area contributed by atoms with Gasteiger partial charge in [0.05, 0.1) is 11.6 Å². The predicted molar refractivity (Wildman–Crippen MR) is 118 cm³/mol. The van der Waals surface area contributed by atoms with Gasteiger partial charge in [-0.3, -0.25) is 9.48 Å². The average molecular weight is 487 g/mol. The topological polar surface area (TPSA) is 74.0 Å². The minimum absolute atomic E-state index is 0.133. The highest BCUT2D eigenvalue weighted by Crippen LogP contribution is 2.27. The molecular formula is C21H17BrClN5O2. The molecule has 1 N–H and O–H groups in total. The zero-order chi connectivity index (χ0) is 20.9. The molecule has 0 saturated carbocycles. The van der Waals surface area contributed by atoms with Crippen LogP contribution in [0.3, 0.4) is 0 Å². The number of halogens is 2. The Morgan fingerprint density at radius 1 is 1.10 bits per heavy atom. The second kappa shape index (κ2) is 9.15. The Kier molecular flexibility index (Phi) is 6.15. The molecular weight excluding hydrogens is 470 g/mol. The molecule has 7 nitrogen and oxygen atoms in total. The van der Waals surface area contributed by atoms with Gasteiger partial charge in [-0.25, -0.2) is 4.68 Å². The van der Waals surface area contributed by atoms with Crippen LogP contribution in [0.25, 0.3) is 0 Å². The number of ether oxygens (including phenoxy) is 1. The number of anilines is 1. The molecule has 9 heteroatoms. The van der Waals surface area contributed by atoms with Crippen molar-refractivity contribution in [3.63, 3.8) is 0 Å². The van der Waals surface area contributed by atoms with E-state index in [1.807, 2.05) is 47.3 Å². The van der Waals surface area contributed by atoms with Crippen LogP contribution >= 0.6 is 27.5 Å². The van der Waals surface area contributed by atoms with Crippen molar-refractivity contribution in [2.24, 2.45) is 0 Å². The van der Waals surface area contributed by atoms with Crippen LogP contribution in [0, 0.1) is 0 Å². The number of rotatable bonds is 7. The van der Waals surface area contributed by atoms with Gasteiger partial charge in [0.15, 0.2) is 12.4 Å². The Morgan fingerprint density at radius 3 is 2.80 bits per heavy atom. The van der Waals surface area contributed by atoms with E-state index in [2.05, 4.69) is 31.4 Å². The first-order chi connectivity index (χ1) is 14.6. The van der Waals surface area contributed by atoms with Gasteiger partial charge in [-0.05, 0) is 48.0 Å². The van der Waals surface area contributed by atoms with E-state index >= 15 is 0 Å². The zero-order valence-corrected chi connectivity index (χ0v) is 18.0. The van der Waals surface area contributed by atoms with Crippen LogP contribution in [0.5, 0.6) is 5.75 Å². The Hall–Kier alpha value is -3.10. The summed E-state index contributed by atoms with van der Waals surface area (Å²) in [5.74, 6) is 0.238. The van der Waals surface area contributed by atoms with Gasteiger partial charge in [0.25, 0.3) is 5.91 Å². The molecule has 2 aromatic carbocycles. The number of carbonyl (C=O) groups is 1. The summed E-state index contributed by atoms with van der Waals surface area (Å²) in [7, 11) is 0. The molecule has 0 aliphatic heterocycles. The van der Waals surface area contributed by atoms with E-state index in [0.29, 0.717) is 23.0 Å². The Bertz CT molecular complexity index is 1160. The van der Waals surface area contributed by atoms with Crippen LogP contribution in [0.2, 0.25) is 5.02 Å². The molecule has 30 heavy (non-hydrogen) atoms. The fourth-order valence-electron chi connectivity index (χ4n) is 2.81. The Morgan fingerprint density at radius 2 is 2.00 bits per heavy atom. The number of benzene rings is 2. The SMILES string of the molecule is O=C(Nc1cccc(Cn2cccn2)c1)c1ccn(COc2ccc(Br)cc2Cl)n1. The number of amides is 1. The summed E-state index contributed by atoms with van der Waals surface area (Å²) < 4.78 is 9.88. The van der Waals surface area contributed by atoms with Gasteiger partial charge in [0.2, 0.25) is 0 Å². The van der Waals surface area contributed by atoms with Crippen molar-refractivity contribution in [2.75, 3.05) is 5.32 Å². The first-order valence-electron chi connectivity index (χ1n) is 9.06. The third-order valence-electron chi connectivity index (χ3n) is 4.21. The number of nitrogens with one attached hydrogen (secondary N) is 1. The maximum atomic E-state index is 12.5. The molecule has 0 bridgehead atoms. The maximum Gasteiger partial charge on any atom is 0.276 e. The second-order valence-corrected chi connectivity index (χ2v) is 7.77. The highest BCUT2D eigenvalue weighted by molar-refractivity contribution is 9.10. The van der Waals surface area contributed by atoms with Crippen molar-refractivity contribution >= 4 is 39.1 Å². The summed E-state index contributed by atoms with van der Waals surface area (Å²) in [6, 6.07) is 16.5. The Balaban J connectivity index is 1.37. The van der Waals surface area contributed by atoms with Gasteiger partial charge < -0.3 is 10.1 Å². The summed E-state index contributed by atoms with van der Waals surface area (Å²) in [6.45, 7) is 0.759. The lowest BCUT2D eigenvalue weighted by Gasteiger charge is -2.08. The van der Waals surface area contributed by atoms with Gasteiger partial charge in [0.1, 0.15) is 5.75 Å². The maximum absolute atomic E-state index is 12.5. The highest BCUT2D eigenvalue weighted by Gasteiger charge is 2.11. The van der Waals surface area contributed by atoms with Gasteiger partial charge in [-0.15, -0.1) is 0 Å². The molecule has 2 heterocycles. The van der Waals surface area contributed by atoms with E-state index in [-0.39, 0.29) is 18.3 Å². The molecule has 4 rings (SSSR count). The largest absolute Gasteiger partial charge is 0.470 e. The molecule has 0 fully saturated rings. The summed E-state index contributed by atoms with van der Waals surface area (Å²) in [5, 5.41) is 11.8. The molecule has 0 aliphatic rings. The van der Waals surface area contributed by atoms with E-state index in [4.69, 9.17) is 16.3 Å². The van der Waals surface area contributed by atoms with Gasteiger partial charge in [0, 0.05) is 28.8 Å². The fourth-order valence-corrected chi connectivity index (χ4v) is 3.53. The zero-order valence-electron chi connectivity index (χ0n) is 15.7. The van der Waals surface area contributed by atoms with Crippen LogP contribution in [-0.2, 0) is 13.3 Å². The first-order valence-corrected chi connectivity index (χ1v) is 10.2. The normalized spacial score (nSPS) is 10.7. The van der Waals surface area contributed by atoms with Gasteiger partial charge in [-0.1, -0.05) is 39.7 Å². The Labute approximate surface area is 186 Å². The van der Waals surface area contributed by atoms with Crippen molar-refractivity contribution in [2.45, 2.75) is 13.3 Å². The molecule has 2 aromatic heterocycles. The minimum atomic E-state index is -0.299. The van der Waals surface area contributed by atoms with E-state index in [1.54, 1.807) is 30.6 Å². The number of hydrogen-bond donors (Lipinski definition) is 1. The molecule has 1 amide bonds. The number of carbonyl (C=O) groups excluding carboxylic acids is 1. The summed E-state index contributed by atoms with van der Waals surface area (Å²) >= 11 is 9.50. The number of nitrogens with zero attached hydrogens (tertiary/aromatic N) is 4. The van der Waals surface area contributed by atoms with Crippen molar-refractivity contribution in [1.29, 1.82) is 0 Å². The molecule has 152 valence electrons. The van der Waals surface area contributed by atoms with Crippen LogP contribution in [0.15, 0.2) is 77.7 Å². The van der Waals surface area contributed by atoms with Crippen molar-refractivity contribution in [1.82, 2.24) is 19.6 Å². The quantitative estimate of drug-likeness (QED) is 0.406. The van der Waals surface area contributed by atoms with E-state index < -0.39 is 0 Å². The molecule has 0 spiro atoms. The lowest BCUT2D eigenvalue weighted by molar-refractivity contribution is 0.102.